The van der Waals surface area contributed by atoms with Crippen molar-refractivity contribution in [2.45, 2.75) is 6.10 Å². The van der Waals surface area contributed by atoms with Crippen LogP contribution in [0.4, 0.5) is 0 Å². The van der Waals surface area contributed by atoms with Crippen LogP contribution in [0.15, 0.2) is 54.7 Å². The first-order valence-corrected chi connectivity index (χ1v) is 9.26. The number of nitrogens with zero attached hydrogens (tertiary/aromatic N) is 2. The SMILES string of the molecule is COc1ccc(-c2ccc(C(O)CN3CCOCC3)cc2)c2cccnc12. The number of morpholine rings is 1. The molecule has 2 heterocycles. The van der Waals surface area contributed by atoms with E-state index in [-0.39, 0.29) is 0 Å². The number of aromatic nitrogens is 1. The minimum absolute atomic E-state index is 0.494. The maximum Gasteiger partial charge on any atom is 0.145 e. The minimum atomic E-state index is -0.494. The molecule has 1 fully saturated rings. The van der Waals surface area contributed by atoms with E-state index >= 15 is 0 Å². The van der Waals surface area contributed by atoms with Crippen LogP contribution >= 0.6 is 0 Å². The largest absolute Gasteiger partial charge is 0.494 e. The second-order valence-corrected chi connectivity index (χ2v) is 6.77. The number of hydrogen-bond donors (Lipinski definition) is 1. The molecule has 1 unspecified atom stereocenters. The van der Waals surface area contributed by atoms with Gasteiger partial charge in [0.25, 0.3) is 0 Å². The Kier molecular flexibility index (Phi) is 5.34. The quantitative estimate of drug-likeness (QED) is 0.753. The van der Waals surface area contributed by atoms with Gasteiger partial charge in [0.15, 0.2) is 0 Å². The Labute approximate surface area is 159 Å². The number of fused-ring (bicyclic) bond motifs is 1. The molecule has 0 bridgehead atoms. The van der Waals surface area contributed by atoms with E-state index in [1.165, 1.54) is 0 Å². The van der Waals surface area contributed by atoms with Crippen LogP contribution in [0.5, 0.6) is 5.75 Å². The van der Waals surface area contributed by atoms with Crippen LogP contribution in [0.25, 0.3) is 22.0 Å². The fourth-order valence-electron chi connectivity index (χ4n) is 3.58. The van der Waals surface area contributed by atoms with Gasteiger partial charge in [0, 0.05) is 31.2 Å². The molecule has 0 amide bonds. The van der Waals surface area contributed by atoms with Crippen molar-refractivity contribution in [2.75, 3.05) is 40.0 Å². The molecule has 1 aliphatic heterocycles. The van der Waals surface area contributed by atoms with Crippen molar-refractivity contribution >= 4 is 10.9 Å². The summed E-state index contributed by atoms with van der Waals surface area (Å²) in [5.41, 5.74) is 3.99. The second kappa shape index (κ2) is 8.05. The summed E-state index contributed by atoms with van der Waals surface area (Å²) in [6.45, 7) is 3.87. The van der Waals surface area contributed by atoms with Gasteiger partial charge < -0.3 is 14.6 Å². The Morgan fingerprint density at radius 1 is 1.11 bits per heavy atom. The predicted octanol–water partition coefficient (Wildman–Crippen LogP) is 3.28. The number of aliphatic hydroxyl groups is 1. The van der Waals surface area contributed by atoms with E-state index in [1.54, 1.807) is 13.3 Å². The van der Waals surface area contributed by atoms with Crippen LogP contribution in [0.3, 0.4) is 0 Å². The molecule has 5 nitrogen and oxygen atoms in total. The van der Waals surface area contributed by atoms with E-state index in [2.05, 4.69) is 34.1 Å². The average Bonchev–Trinajstić information content (AvgIpc) is 2.74. The molecule has 4 rings (SSSR count). The van der Waals surface area contributed by atoms with Crippen molar-refractivity contribution in [3.63, 3.8) is 0 Å². The summed E-state index contributed by atoms with van der Waals surface area (Å²) in [7, 11) is 1.66. The number of methoxy groups -OCH3 is 1. The summed E-state index contributed by atoms with van der Waals surface area (Å²) in [5.74, 6) is 0.770. The number of hydrogen-bond acceptors (Lipinski definition) is 5. The average molecular weight is 364 g/mol. The van der Waals surface area contributed by atoms with Crippen molar-refractivity contribution in [3.8, 4) is 16.9 Å². The zero-order valence-electron chi connectivity index (χ0n) is 15.5. The molecule has 0 radical (unpaired) electrons. The van der Waals surface area contributed by atoms with Gasteiger partial charge in [-0.25, -0.2) is 0 Å². The van der Waals surface area contributed by atoms with Gasteiger partial charge in [-0.1, -0.05) is 30.3 Å². The molecular formula is C22H24N2O3. The van der Waals surface area contributed by atoms with Crippen molar-refractivity contribution in [3.05, 3.63) is 60.3 Å². The molecule has 1 saturated heterocycles. The molecule has 1 aromatic heterocycles. The number of β-amino-alcohol motifs (C(OH)–C–C–N with tert-alkyl or cyclic N) is 1. The Bertz CT molecular complexity index is 905. The predicted molar refractivity (Wildman–Crippen MR) is 106 cm³/mol. The molecule has 5 heteroatoms. The second-order valence-electron chi connectivity index (χ2n) is 6.77. The smallest absolute Gasteiger partial charge is 0.145 e. The topological polar surface area (TPSA) is 54.8 Å². The number of pyridine rings is 1. The standard InChI is InChI=1S/C22H24N2O3/c1-26-21-9-8-18(19-3-2-10-23-22(19)21)16-4-6-17(7-5-16)20(25)15-24-11-13-27-14-12-24/h2-10,20,25H,11-15H2,1H3. The highest BCUT2D eigenvalue weighted by Gasteiger charge is 2.16. The highest BCUT2D eigenvalue weighted by molar-refractivity contribution is 5.97. The Hall–Kier alpha value is -2.47. The summed E-state index contributed by atoms with van der Waals surface area (Å²) in [6.07, 6.45) is 1.28. The molecule has 3 aromatic rings. The van der Waals surface area contributed by atoms with Crippen molar-refractivity contribution in [1.82, 2.24) is 9.88 Å². The maximum absolute atomic E-state index is 10.6. The van der Waals surface area contributed by atoms with Gasteiger partial charge in [-0.05, 0) is 34.9 Å². The van der Waals surface area contributed by atoms with E-state index in [0.717, 1.165) is 59.6 Å². The number of rotatable bonds is 5. The summed E-state index contributed by atoms with van der Waals surface area (Å²) in [5, 5.41) is 11.6. The van der Waals surface area contributed by atoms with E-state index in [1.807, 2.05) is 24.3 Å². The third-order valence-corrected chi connectivity index (χ3v) is 5.09. The fraction of sp³-hybridized carbons (Fsp3) is 0.318. The zero-order chi connectivity index (χ0) is 18.6. The summed E-state index contributed by atoms with van der Waals surface area (Å²) in [4.78, 5) is 6.71. The Morgan fingerprint density at radius 2 is 1.89 bits per heavy atom. The summed E-state index contributed by atoms with van der Waals surface area (Å²) in [6, 6.07) is 16.1. The molecule has 0 spiro atoms. The molecule has 0 aliphatic carbocycles. The molecule has 0 saturated carbocycles. The van der Waals surface area contributed by atoms with Crippen LogP contribution in [0.1, 0.15) is 11.7 Å². The highest BCUT2D eigenvalue weighted by Crippen LogP contribution is 2.33. The van der Waals surface area contributed by atoms with E-state index in [4.69, 9.17) is 9.47 Å². The van der Waals surface area contributed by atoms with Gasteiger partial charge in [0.1, 0.15) is 11.3 Å². The lowest BCUT2D eigenvalue weighted by Crippen LogP contribution is -2.38. The third-order valence-electron chi connectivity index (χ3n) is 5.09. The maximum atomic E-state index is 10.6. The van der Waals surface area contributed by atoms with Crippen LogP contribution in [0, 0.1) is 0 Å². The first-order chi connectivity index (χ1) is 13.3. The molecule has 2 aromatic carbocycles. The van der Waals surface area contributed by atoms with E-state index in [0.29, 0.717) is 6.54 Å². The van der Waals surface area contributed by atoms with Crippen LogP contribution in [-0.4, -0.2) is 54.9 Å². The van der Waals surface area contributed by atoms with Crippen molar-refractivity contribution in [1.29, 1.82) is 0 Å². The van der Waals surface area contributed by atoms with Crippen LogP contribution < -0.4 is 4.74 Å². The van der Waals surface area contributed by atoms with Gasteiger partial charge in [-0.2, -0.15) is 0 Å². The number of aliphatic hydroxyl groups excluding tert-OH is 1. The van der Waals surface area contributed by atoms with Crippen molar-refractivity contribution < 1.29 is 14.6 Å². The lowest BCUT2D eigenvalue weighted by molar-refractivity contribution is 0.0143. The molecule has 1 aliphatic rings. The Morgan fingerprint density at radius 3 is 2.63 bits per heavy atom. The number of ether oxygens (including phenoxy) is 2. The first kappa shape index (κ1) is 17.9. The van der Waals surface area contributed by atoms with Crippen LogP contribution in [0.2, 0.25) is 0 Å². The fourth-order valence-corrected chi connectivity index (χ4v) is 3.58. The molecule has 140 valence electrons. The first-order valence-electron chi connectivity index (χ1n) is 9.26. The van der Waals surface area contributed by atoms with Crippen molar-refractivity contribution in [2.24, 2.45) is 0 Å². The summed E-state index contributed by atoms with van der Waals surface area (Å²) >= 11 is 0. The van der Waals surface area contributed by atoms with Gasteiger partial charge >= 0.3 is 0 Å². The lowest BCUT2D eigenvalue weighted by atomic mass is 9.98. The van der Waals surface area contributed by atoms with Gasteiger partial charge in [0.05, 0.1) is 26.4 Å². The van der Waals surface area contributed by atoms with Gasteiger partial charge in [0.2, 0.25) is 0 Å². The van der Waals surface area contributed by atoms with Gasteiger partial charge in [-0.15, -0.1) is 0 Å². The number of benzene rings is 2. The third kappa shape index (κ3) is 3.81. The summed E-state index contributed by atoms with van der Waals surface area (Å²) < 4.78 is 10.8. The normalized spacial score (nSPS) is 16.4. The molecule has 1 N–H and O–H groups in total. The minimum Gasteiger partial charge on any atom is -0.494 e. The lowest BCUT2D eigenvalue weighted by Gasteiger charge is -2.28. The zero-order valence-corrected chi connectivity index (χ0v) is 15.5. The van der Waals surface area contributed by atoms with Gasteiger partial charge in [-0.3, -0.25) is 9.88 Å². The monoisotopic (exact) mass is 364 g/mol. The van der Waals surface area contributed by atoms with E-state index < -0.39 is 6.10 Å². The Balaban J connectivity index is 1.58. The molecule has 27 heavy (non-hydrogen) atoms. The molecular weight excluding hydrogens is 340 g/mol. The van der Waals surface area contributed by atoms with E-state index in [9.17, 15) is 5.11 Å². The van der Waals surface area contributed by atoms with Crippen LogP contribution in [-0.2, 0) is 4.74 Å². The molecule has 1 atom stereocenters. The highest BCUT2D eigenvalue weighted by atomic mass is 16.5.